The summed E-state index contributed by atoms with van der Waals surface area (Å²) in [5, 5.41) is 3.63. The van der Waals surface area contributed by atoms with Crippen molar-refractivity contribution in [2.45, 2.75) is 13.8 Å². The number of carbonyl (C=O) groups excluding carboxylic acids is 1. The average molecular weight is 344 g/mol. The Morgan fingerprint density at radius 1 is 1.04 bits per heavy atom. The first-order valence-electron chi connectivity index (χ1n) is 8.17. The summed E-state index contributed by atoms with van der Waals surface area (Å²) in [6.45, 7) is 7.10. The number of piperazine rings is 1. The van der Waals surface area contributed by atoms with E-state index in [4.69, 9.17) is 11.6 Å². The fourth-order valence-electron chi connectivity index (χ4n) is 2.93. The molecule has 0 spiro atoms. The van der Waals surface area contributed by atoms with Gasteiger partial charge in [-0.3, -0.25) is 0 Å². The van der Waals surface area contributed by atoms with Gasteiger partial charge >= 0.3 is 6.03 Å². The molecule has 1 saturated heterocycles. The standard InChI is InChI=1S/C19H22ClN3O/c1-14-5-3-6-16(13-14)22-9-11-23(12-10-22)19(24)21-18-8-4-7-17(20)15(18)2/h3-8,13H,9-12H2,1-2H3,(H,21,24). The van der Waals surface area contributed by atoms with Crippen LogP contribution < -0.4 is 10.2 Å². The number of benzene rings is 2. The van der Waals surface area contributed by atoms with E-state index < -0.39 is 0 Å². The Balaban J connectivity index is 1.60. The summed E-state index contributed by atoms with van der Waals surface area (Å²) < 4.78 is 0. The predicted octanol–water partition coefficient (Wildman–Crippen LogP) is 4.31. The number of rotatable bonds is 2. The highest BCUT2D eigenvalue weighted by atomic mass is 35.5. The number of carbonyl (C=O) groups is 1. The van der Waals surface area contributed by atoms with Crippen LogP contribution in [-0.2, 0) is 0 Å². The van der Waals surface area contributed by atoms with Crippen LogP contribution in [0.2, 0.25) is 5.02 Å². The Morgan fingerprint density at radius 2 is 1.75 bits per heavy atom. The van der Waals surface area contributed by atoms with E-state index in [9.17, 15) is 4.79 Å². The molecule has 0 bridgehead atoms. The third-order valence-corrected chi connectivity index (χ3v) is 4.85. The number of urea groups is 1. The normalized spacial score (nSPS) is 14.6. The smallest absolute Gasteiger partial charge is 0.321 e. The van der Waals surface area contributed by atoms with Gasteiger partial charge in [0, 0.05) is 42.6 Å². The number of amides is 2. The maximum absolute atomic E-state index is 12.5. The van der Waals surface area contributed by atoms with Gasteiger partial charge < -0.3 is 15.1 Å². The van der Waals surface area contributed by atoms with Crippen LogP contribution >= 0.6 is 11.6 Å². The second-order valence-electron chi connectivity index (χ2n) is 6.16. The Kier molecular flexibility index (Phi) is 4.95. The minimum atomic E-state index is -0.0655. The van der Waals surface area contributed by atoms with Crippen LogP contribution in [0.5, 0.6) is 0 Å². The van der Waals surface area contributed by atoms with Crippen LogP contribution in [0.4, 0.5) is 16.2 Å². The zero-order valence-electron chi connectivity index (χ0n) is 14.1. The van der Waals surface area contributed by atoms with E-state index in [0.29, 0.717) is 18.1 Å². The second-order valence-corrected chi connectivity index (χ2v) is 6.56. The van der Waals surface area contributed by atoms with Crippen LogP contribution in [-0.4, -0.2) is 37.1 Å². The third kappa shape index (κ3) is 3.65. The van der Waals surface area contributed by atoms with Crippen molar-refractivity contribution in [2.75, 3.05) is 36.4 Å². The van der Waals surface area contributed by atoms with Gasteiger partial charge in [0.15, 0.2) is 0 Å². The lowest BCUT2D eigenvalue weighted by Crippen LogP contribution is -2.50. The van der Waals surface area contributed by atoms with Crippen LogP contribution in [0.3, 0.4) is 0 Å². The number of halogens is 1. The van der Waals surface area contributed by atoms with Crippen molar-refractivity contribution in [1.29, 1.82) is 0 Å². The van der Waals surface area contributed by atoms with E-state index in [1.54, 1.807) is 0 Å². The largest absolute Gasteiger partial charge is 0.368 e. The monoisotopic (exact) mass is 343 g/mol. The molecule has 0 aliphatic carbocycles. The fraction of sp³-hybridized carbons (Fsp3) is 0.316. The van der Waals surface area contributed by atoms with E-state index in [2.05, 4.69) is 41.4 Å². The van der Waals surface area contributed by atoms with E-state index in [1.165, 1.54) is 11.3 Å². The summed E-state index contributed by atoms with van der Waals surface area (Å²) >= 11 is 6.11. The van der Waals surface area contributed by atoms with E-state index in [-0.39, 0.29) is 6.03 Å². The fourth-order valence-corrected chi connectivity index (χ4v) is 3.10. The molecule has 3 rings (SSSR count). The number of hydrogen-bond donors (Lipinski definition) is 1. The topological polar surface area (TPSA) is 35.6 Å². The van der Waals surface area contributed by atoms with Gasteiger partial charge in [-0.2, -0.15) is 0 Å². The Bertz CT molecular complexity index is 739. The molecule has 24 heavy (non-hydrogen) atoms. The minimum absolute atomic E-state index is 0.0655. The molecule has 126 valence electrons. The molecule has 2 aromatic rings. The summed E-state index contributed by atoms with van der Waals surface area (Å²) in [5.41, 5.74) is 4.14. The molecule has 2 aromatic carbocycles. The zero-order valence-corrected chi connectivity index (χ0v) is 14.8. The van der Waals surface area contributed by atoms with Gasteiger partial charge in [-0.05, 0) is 49.2 Å². The number of nitrogens with one attached hydrogen (secondary N) is 1. The van der Waals surface area contributed by atoms with Crippen LogP contribution in [0.25, 0.3) is 0 Å². The summed E-state index contributed by atoms with van der Waals surface area (Å²) in [6.07, 6.45) is 0. The quantitative estimate of drug-likeness (QED) is 0.881. The predicted molar refractivity (Wildman–Crippen MR) is 100 cm³/mol. The van der Waals surface area contributed by atoms with Crippen LogP contribution in [0, 0.1) is 13.8 Å². The molecule has 0 saturated carbocycles. The average Bonchev–Trinajstić information content (AvgIpc) is 2.59. The molecule has 0 atom stereocenters. The second kappa shape index (κ2) is 7.14. The van der Waals surface area contributed by atoms with Gasteiger partial charge in [0.05, 0.1) is 0 Å². The molecule has 1 aliphatic heterocycles. The van der Waals surface area contributed by atoms with Crippen molar-refractivity contribution in [2.24, 2.45) is 0 Å². The summed E-state index contributed by atoms with van der Waals surface area (Å²) in [4.78, 5) is 16.7. The minimum Gasteiger partial charge on any atom is -0.368 e. The molecular formula is C19H22ClN3O. The lowest BCUT2D eigenvalue weighted by Gasteiger charge is -2.36. The molecule has 0 unspecified atom stereocenters. The molecule has 4 nitrogen and oxygen atoms in total. The van der Waals surface area contributed by atoms with Crippen molar-refractivity contribution in [1.82, 2.24) is 4.90 Å². The summed E-state index contributed by atoms with van der Waals surface area (Å²) in [6, 6.07) is 14.0. The van der Waals surface area contributed by atoms with Crippen molar-refractivity contribution in [3.63, 3.8) is 0 Å². The molecular weight excluding hydrogens is 322 g/mol. The molecule has 1 aliphatic rings. The lowest BCUT2D eigenvalue weighted by atomic mass is 10.2. The number of aryl methyl sites for hydroxylation is 1. The van der Waals surface area contributed by atoms with Gasteiger partial charge in [0.2, 0.25) is 0 Å². The third-order valence-electron chi connectivity index (χ3n) is 4.44. The maximum atomic E-state index is 12.5. The van der Waals surface area contributed by atoms with Gasteiger partial charge in [-0.15, -0.1) is 0 Å². The first kappa shape index (κ1) is 16.7. The molecule has 5 heteroatoms. The number of nitrogens with zero attached hydrogens (tertiary/aromatic N) is 2. The van der Waals surface area contributed by atoms with E-state index >= 15 is 0 Å². The summed E-state index contributed by atoms with van der Waals surface area (Å²) in [5.74, 6) is 0. The molecule has 0 aromatic heterocycles. The Morgan fingerprint density at radius 3 is 2.46 bits per heavy atom. The van der Waals surface area contributed by atoms with Crippen LogP contribution in [0.15, 0.2) is 42.5 Å². The molecule has 1 fully saturated rings. The maximum Gasteiger partial charge on any atom is 0.321 e. The zero-order chi connectivity index (χ0) is 17.1. The van der Waals surface area contributed by atoms with Gasteiger partial charge in [0.1, 0.15) is 0 Å². The van der Waals surface area contributed by atoms with E-state index in [0.717, 1.165) is 24.3 Å². The van der Waals surface area contributed by atoms with Crippen molar-refractivity contribution < 1.29 is 4.79 Å². The summed E-state index contributed by atoms with van der Waals surface area (Å²) in [7, 11) is 0. The van der Waals surface area contributed by atoms with Crippen molar-refractivity contribution in [3.05, 3.63) is 58.6 Å². The SMILES string of the molecule is Cc1cccc(N2CCN(C(=O)Nc3cccc(Cl)c3C)CC2)c1. The van der Waals surface area contributed by atoms with Gasteiger partial charge in [-0.1, -0.05) is 29.8 Å². The van der Waals surface area contributed by atoms with Crippen LogP contribution in [0.1, 0.15) is 11.1 Å². The molecule has 1 heterocycles. The number of hydrogen-bond acceptors (Lipinski definition) is 2. The lowest BCUT2D eigenvalue weighted by molar-refractivity contribution is 0.208. The number of anilines is 2. The molecule has 0 radical (unpaired) electrons. The Hall–Kier alpha value is -2.20. The molecule has 2 amide bonds. The first-order valence-corrected chi connectivity index (χ1v) is 8.55. The highest BCUT2D eigenvalue weighted by Crippen LogP contribution is 2.23. The highest BCUT2D eigenvalue weighted by Gasteiger charge is 2.21. The Labute approximate surface area is 148 Å². The van der Waals surface area contributed by atoms with Crippen molar-refractivity contribution in [3.8, 4) is 0 Å². The van der Waals surface area contributed by atoms with Crippen molar-refractivity contribution >= 4 is 29.0 Å². The van der Waals surface area contributed by atoms with Gasteiger partial charge in [-0.25, -0.2) is 4.79 Å². The highest BCUT2D eigenvalue weighted by molar-refractivity contribution is 6.31. The van der Waals surface area contributed by atoms with E-state index in [1.807, 2.05) is 30.0 Å². The molecule has 1 N–H and O–H groups in total. The first-order chi connectivity index (χ1) is 11.5. The van der Waals surface area contributed by atoms with Gasteiger partial charge in [0.25, 0.3) is 0 Å².